The summed E-state index contributed by atoms with van der Waals surface area (Å²) in [5.41, 5.74) is 8.14. The van der Waals surface area contributed by atoms with Crippen LogP contribution in [0.1, 0.15) is 31.7 Å². The van der Waals surface area contributed by atoms with E-state index in [-0.39, 0.29) is 0 Å². The van der Waals surface area contributed by atoms with Gasteiger partial charge in [-0.15, -0.1) is 0 Å². The molecule has 1 aromatic carbocycles. The van der Waals surface area contributed by atoms with E-state index in [9.17, 15) is 0 Å². The number of hydrogen-bond acceptors (Lipinski definition) is 2. The minimum atomic E-state index is 0.500. The first kappa shape index (κ1) is 14.9. The van der Waals surface area contributed by atoms with Crippen molar-refractivity contribution in [3.63, 3.8) is 0 Å². The Morgan fingerprint density at radius 3 is 3.05 bits per heavy atom. The molecule has 3 N–H and O–H groups in total. The highest BCUT2D eigenvalue weighted by Crippen LogP contribution is 2.15. The molecule has 1 heterocycles. The standard InChI is InChI=1S/C16H26N4/c1-13-6-5-8-15(12-13)19-16(17)18-9-11-20-10-4-3-7-14(20)2/h5-6,8,12,14H,3-4,7,9-11H2,1-2H3,(H3,17,18,19). The second kappa shape index (κ2) is 7.29. The van der Waals surface area contributed by atoms with Gasteiger partial charge in [-0.25, -0.2) is 0 Å². The molecule has 1 aliphatic rings. The molecule has 1 fully saturated rings. The van der Waals surface area contributed by atoms with Crippen LogP contribution in [0.4, 0.5) is 5.69 Å². The molecule has 1 unspecified atom stereocenters. The summed E-state index contributed by atoms with van der Waals surface area (Å²) in [6, 6.07) is 8.83. The number of nitrogens with one attached hydrogen (secondary N) is 1. The first-order chi connectivity index (χ1) is 9.65. The number of nitrogens with zero attached hydrogens (tertiary/aromatic N) is 2. The van der Waals surface area contributed by atoms with Crippen LogP contribution in [0, 0.1) is 6.92 Å². The number of likely N-dealkylation sites (tertiary alicyclic amines) is 1. The number of nitrogens with two attached hydrogens (primary N) is 1. The molecule has 0 aromatic heterocycles. The third-order valence-corrected chi connectivity index (χ3v) is 3.90. The van der Waals surface area contributed by atoms with Crippen molar-refractivity contribution in [1.82, 2.24) is 4.90 Å². The number of hydrogen-bond donors (Lipinski definition) is 2. The highest BCUT2D eigenvalue weighted by Gasteiger charge is 2.16. The van der Waals surface area contributed by atoms with E-state index in [1.165, 1.54) is 31.4 Å². The summed E-state index contributed by atoms with van der Waals surface area (Å²) in [7, 11) is 0. The lowest BCUT2D eigenvalue weighted by atomic mass is 10.0. The van der Waals surface area contributed by atoms with Crippen molar-refractivity contribution < 1.29 is 0 Å². The average Bonchev–Trinajstić information content (AvgIpc) is 2.41. The van der Waals surface area contributed by atoms with E-state index in [1.807, 2.05) is 12.1 Å². The van der Waals surface area contributed by atoms with Crippen LogP contribution in [0.3, 0.4) is 0 Å². The van der Waals surface area contributed by atoms with Gasteiger partial charge in [-0.2, -0.15) is 0 Å². The second-order valence-electron chi connectivity index (χ2n) is 5.64. The van der Waals surface area contributed by atoms with Gasteiger partial charge >= 0.3 is 0 Å². The minimum absolute atomic E-state index is 0.500. The molecule has 0 amide bonds. The van der Waals surface area contributed by atoms with Crippen LogP contribution in [0.2, 0.25) is 0 Å². The number of benzene rings is 1. The smallest absolute Gasteiger partial charge is 0.193 e. The monoisotopic (exact) mass is 274 g/mol. The molecule has 4 heteroatoms. The van der Waals surface area contributed by atoms with Crippen molar-refractivity contribution in [2.45, 2.75) is 39.2 Å². The number of guanidine groups is 1. The molecule has 1 atom stereocenters. The maximum atomic E-state index is 5.93. The Hall–Kier alpha value is -1.55. The zero-order chi connectivity index (χ0) is 14.4. The third kappa shape index (κ3) is 4.53. The lowest BCUT2D eigenvalue weighted by Gasteiger charge is -2.32. The van der Waals surface area contributed by atoms with Crippen LogP contribution in [0.25, 0.3) is 0 Å². The van der Waals surface area contributed by atoms with Gasteiger partial charge in [-0.3, -0.25) is 9.89 Å². The Balaban J connectivity index is 1.79. The van der Waals surface area contributed by atoms with Crippen LogP contribution in [-0.4, -0.2) is 36.5 Å². The van der Waals surface area contributed by atoms with Gasteiger partial charge in [0.05, 0.1) is 6.54 Å². The molecule has 20 heavy (non-hydrogen) atoms. The van der Waals surface area contributed by atoms with Gasteiger partial charge in [0, 0.05) is 18.3 Å². The quantitative estimate of drug-likeness (QED) is 0.655. The molecule has 1 aliphatic heterocycles. The Morgan fingerprint density at radius 1 is 1.45 bits per heavy atom. The third-order valence-electron chi connectivity index (χ3n) is 3.90. The van der Waals surface area contributed by atoms with Gasteiger partial charge in [-0.1, -0.05) is 18.6 Å². The van der Waals surface area contributed by atoms with E-state index >= 15 is 0 Å². The summed E-state index contributed by atoms with van der Waals surface area (Å²) in [5.74, 6) is 0.500. The second-order valence-corrected chi connectivity index (χ2v) is 5.64. The first-order valence-electron chi connectivity index (χ1n) is 7.53. The SMILES string of the molecule is Cc1cccc(NC(N)=NCCN2CCCCC2C)c1. The summed E-state index contributed by atoms with van der Waals surface area (Å²) in [6.07, 6.45) is 3.98. The lowest BCUT2D eigenvalue weighted by molar-refractivity contribution is 0.166. The topological polar surface area (TPSA) is 53.6 Å². The van der Waals surface area contributed by atoms with Crippen molar-refractivity contribution in [1.29, 1.82) is 0 Å². The van der Waals surface area contributed by atoms with E-state index in [1.54, 1.807) is 0 Å². The highest BCUT2D eigenvalue weighted by atomic mass is 15.2. The average molecular weight is 274 g/mol. The summed E-state index contributed by atoms with van der Waals surface area (Å²) in [5, 5.41) is 3.14. The fourth-order valence-corrected chi connectivity index (χ4v) is 2.70. The zero-order valence-corrected chi connectivity index (χ0v) is 12.6. The van der Waals surface area contributed by atoms with Crippen LogP contribution in [0.5, 0.6) is 0 Å². The van der Waals surface area contributed by atoms with Crippen molar-refractivity contribution in [3.8, 4) is 0 Å². The number of aliphatic imine (C=N–C) groups is 1. The minimum Gasteiger partial charge on any atom is -0.370 e. The number of aryl methyl sites for hydroxylation is 1. The predicted molar refractivity (Wildman–Crippen MR) is 86.2 cm³/mol. The predicted octanol–water partition coefficient (Wildman–Crippen LogP) is 2.60. The van der Waals surface area contributed by atoms with E-state index in [2.05, 4.69) is 41.2 Å². The summed E-state index contributed by atoms with van der Waals surface area (Å²) in [6.45, 7) is 7.32. The van der Waals surface area contributed by atoms with E-state index in [4.69, 9.17) is 5.73 Å². The molecule has 0 aliphatic carbocycles. The highest BCUT2D eigenvalue weighted by molar-refractivity contribution is 5.92. The molecular weight excluding hydrogens is 248 g/mol. The zero-order valence-electron chi connectivity index (χ0n) is 12.6. The Kier molecular flexibility index (Phi) is 5.41. The number of piperidine rings is 1. The maximum absolute atomic E-state index is 5.93. The summed E-state index contributed by atoms with van der Waals surface area (Å²) < 4.78 is 0. The Bertz CT molecular complexity index is 456. The van der Waals surface area contributed by atoms with Crippen LogP contribution in [-0.2, 0) is 0 Å². The van der Waals surface area contributed by atoms with Crippen molar-refractivity contribution >= 4 is 11.6 Å². The fraction of sp³-hybridized carbons (Fsp3) is 0.562. The number of anilines is 1. The number of rotatable bonds is 4. The van der Waals surface area contributed by atoms with E-state index in [0.717, 1.165) is 18.8 Å². The normalized spacial score (nSPS) is 20.9. The van der Waals surface area contributed by atoms with Crippen LogP contribution < -0.4 is 11.1 Å². The molecule has 110 valence electrons. The summed E-state index contributed by atoms with van der Waals surface area (Å²) in [4.78, 5) is 6.93. The molecule has 1 aromatic rings. The Morgan fingerprint density at radius 2 is 2.30 bits per heavy atom. The van der Waals surface area contributed by atoms with E-state index in [0.29, 0.717) is 12.0 Å². The fourth-order valence-electron chi connectivity index (χ4n) is 2.70. The molecule has 0 bridgehead atoms. The van der Waals surface area contributed by atoms with E-state index < -0.39 is 0 Å². The Labute approximate surface area is 122 Å². The first-order valence-corrected chi connectivity index (χ1v) is 7.53. The van der Waals surface area contributed by atoms with Gasteiger partial charge in [0.25, 0.3) is 0 Å². The summed E-state index contributed by atoms with van der Waals surface area (Å²) >= 11 is 0. The molecule has 0 radical (unpaired) electrons. The molecule has 4 nitrogen and oxygen atoms in total. The lowest BCUT2D eigenvalue weighted by Crippen LogP contribution is -2.39. The molecular formula is C16H26N4. The van der Waals surface area contributed by atoms with Gasteiger partial charge < -0.3 is 11.1 Å². The largest absolute Gasteiger partial charge is 0.370 e. The molecule has 2 rings (SSSR count). The van der Waals surface area contributed by atoms with Crippen LogP contribution in [0.15, 0.2) is 29.3 Å². The van der Waals surface area contributed by atoms with Gasteiger partial charge in [-0.05, 0) is 50.9 Å². The van der Waals surface area contributed by atoms with Crippen molar-refractivity contribution in [2.75, 3.05) is 25.0 Å². The van der Waals surface area contributed by atoms with Gasteiger partial charge in [0.1, 0.15) is 0 Å². The van der Waals surface area contributed by atoms with Crippen LogP contribution >= 0.6 is 0 Å². The van der Waals surface area contributed by atoms with Crippen molar-refractivity contribution in [2.24, 2.45) is 10.7 Å². The molecule has 0 spiro atoms. The van der Waals surface area contributed by atoms with Gasteiger partial charge in [0.2, 0.25) is 0 Å². The van der Waals surface area contributed by atoms with Gasteiger partial charge in [0.15, 0.2) is 5.96 Å². The molecule has 1 saturated heterocycles. The maximum Gasteiger partial charge on any atom is 0.193 e. The van der Waals surface area contributed by atoms with Crippen molar-refractivity contribution in [3.05, 3.63) is 29.8 Å². The molecule has 0 saturated carbocycles.